The Morgan fingerprint density at radius 3 is 2.80 bits per heavy atom. The van der Waals surface area contributed by atoms with Gasteiger partial charge in [0, 0.05) is 15.8 Å². The fraction of sp³-hybridized carbons (Fsp3) is 0.273. The number of rotatable bonds is 4. The van der Waals surface area contributed by atoms with Gasteiger partial charge in [0.15, 0.2) is 0 Å². The summed E-state index contributed by atoms with van der Waals surface area (Å²) in [6.07, 6.45) is 2.10. The summed E-state index contributed by atoms with van der Waals surface area (Å²) in [4.78, 5) is 2.68. The van der Waals surface area contributed by atoms with Crippen LogP contribution in [0.1, 0.15) is 22.2 Å². The summed E-state index contributed by atoms with van der Waals surface area (Å²) in [6, 6.07) is 8.59. The molecule has 0 aliphatic heterocycles. The molecule has 0 aliphatic carbocycles. The molecule has 1 atom stereocenters. The predicted molar refractivity (Wildman–Crippen MR) is 71.6 cm³/mol. The van der Waals surface area contributed by atoms with Gasteiger partial charge in [0.2, 0.25) is 0 Å². The zero-order valence-electron chi connectivity index (χ0n) is 8.15. The zero-order valence-corrected chi connectivity index (χ0v) is 11.4. The standard InChI is InChI=1S/C11H12BrNS2/c12-11-6-5-10(15-11)9(13)4-3-8-2-1-7-14-8/h1-2,5-7,9H,3-4,13H2. The maximum atomic E-state index is 6.12. The lowest BCUT2D eigenvalue weighted by Gasteiger charge is -2.07. The van der Waals surface area contributed by atoms with Crippen molar-refractivity contribution >= 4 is 38.6 Å². The number of aryl methyl sites for hydroxylation is 1. The maximum Gasteiger partial charge on any atom is 0.0701 e. The Bertz CT molecular complexity index is 408. The number of thiophene rings is 2. The first-order chi connectivity index (χ1) is 7.25. The van der Waals surface area contributed by atoms with Crippen LogP contribution in [0.5, 0.6) is 0 Å². The Balaban J connectivity index is 1.90. The van der Waals surface area contributed by atoms with E-state index >= 15 is 0 Å². The maximum absolute atomic E-state index is 6.12. The van der Waals surface area contributed by atoms with Crippen LogP contribution in [0.3, 0.4) is 0 Å². The fourth-order valence-electron chi connectivity index (χ4n) is 1.42. The Hall–Kier alpha value is -0.160. The van der Waals surface area contributed by atoms with Crippen LogP contribution in [0, 0.1) is 0 Å². The first kappa shape index (κ1) is 11.3. The van der Waals surface area contributed by atoms with Crippen LogP contribution in [-0.4, -0.2) is 0 Å². The van der Waals surface area contributed by atoms with Gasteiger partial charge < -0.3 is 5.73 Å². The molecule has 0 aromatic carbocycles. The Labute approximate surface area is 106 Å². The largest absolute Gasteiger partial charge is 0.323 e. The number of hydrogen-bond donors (Lipinski definition) is 1. The van der Waals surface area contributed by atoms with Gasteiger partial charge in [0.25, 0.3) is 0 Å². The molecule has 2 heterocycles. The highest BCUT2D eigenvalue weighted by molar-refractivity contribution is 9.11. The van der Waals surface area contributed by atoms with E-state index in [2.05, 4.69) is 45.6 Å². The van der Waals surface area contributed by atoms with Crippen molar-refractivity contribution in [3.05, 3.63) is 43.2 Å². The van der Waals surface area contributed by atoms with Gasteiger partial charge in [-0.1, -0.05) is 6.07 Å². The molecule has 0 fully saturated rings. The van der Waals surface area contributed by atoms with E-state index in [9.17, 15) is 0 Å². The van der Waals surface area contributed by atoms with E-state index in [1.807, 2.05) is 0 Å². The van der Waals surface area contributed by atoms with Gasteiger partial charge in [0.1, 0.15) is 0 Å². The van der Waals surface area contributed by atoms with Gasteiger partial charge in [-0.25, -0.2) is 0 Å². The van der Waals surface area contributed by atoms with E-state index in [-0.39, 0.29) is 6.04 Å². The van der Waals surface area contributed by atoms with E-state index < -0.39 is 0 Å². The summed E-state index contributed by atoms with van der Waals surface area (Å²) in [5, 5.41) is 2.11. The van der Waals surface area contributed by atoms with Crippen molar-refractivity contribution in [3.63, 3.8) is 0 Å². The Morgan fingerprint density at radius 1 is 1.33 bits per heavy atom. The smallest absolute Gasteiger partial charge is 0.0701 e. The molecular formula is C11H12BrNS2. The lowest BCUT2D eigenvalue weighted by atomic mass is 10.1. The van der Waals surface area contributed by atoms with Crippen molar-refractivity contribution in [2.45, 2.75) is 18.9 Å². The summed E-state index contributed by atoms with van der Waals surface area (Å²) in [7, 11) is 0. The average molecular weight is 302 g/mol. The number of nitrogens with two attached hydrogens (primary N) is 1. The lowest BCUT2D eigenvalue weighted by molar-refractivity contribution is 0.666. The first-order valence-electron chi connectivity index (χ1n) is 4.79. The topological polar surface area (TPSA) is 26.0 Å². The molecule has 0 saturated carbocycles. The summed E-state index contributed by atoms with van der Waals surface area (Å²) < 4.78 is 1.16. The minimum Gasteiger partial charge on any atom is -0.323 e. The van der Waals surface area contributed by atoms with Crippen LogP contribution in [-0.2, 0) is 6.42 Å². The SMILES string of the molecule is NC(CCc1cccs1)c1ccc(Br)s1. The molecule has 15 heavy (non-hydrogen) atoms. The minimum atomic E-state index is 0.170. The van der Waals surface area contributed by atoms with Crippen molar-refractivity contribution in [2.75, 3.05) is 0 Å². The fourth-order valence-corrected chi connectivity index (χ4v) is 3.61. The molecular weight excluding hydrogens is 290 g/mol. The minimum absolute atomic E-state index is 0.170. The normalized spacial score (nSPS) is 12.9. The second-order valence-electron chi connectivity index (χ2n) is 3.37. The van der Waals surface area contributed by atoms with Gasteiger partial charge in [-0.2, -0.15) is 0 Å². The number of halogens is 1. The molecule has 2 N–H and O–H groups in total. The second-order valence-corrected chi connectivity index (χ2v) is 6.89. The third-order valence-electron chi connectivity index (χ3n) is 2.24. The van der Waals surface area contributed by atoms with Gasteiger partial charge in [-0.3, -0.25) is 0 Å². The van der Waals surface area contributed by atoms with Crippen LogP contribution in [0.15, 0.2) is 33.4 Å². The summed E-state index contributed by atoms with van der Waals surface area (Å²) in [6.45, 7) is 0. The zero-order chi connectivity index (χ0) is 10.7. The molecule has 2 aromatic heterocycles. The summed E-state index contributed by atoms with van der Waals surface area (Å²) >= 11 is 6.99. The van der Waals surface area contributed by atoms with Crippen molar-refractivity contribution in [1.82, 2.24) is 0 Å². The number of hydrogen-bond acceptors (Lipinski definition) is 3. The highest BCUT2D eigenvalue weighted by Gasteiger charge is 2.08. The van der Waals surface area contributed by atoms with Gasteiger partial charge in [-0.05, 0) is 52.4 Å². The van der Waals surface area contributed by atoms with E-state index in [1.54, 1.807) is 22.7 Å². The average Bonchev–Trinajstić information content (AvgIpc) is 2.84. The Kier molecular flexibility index (Phi) is 3.97. The highest BCUT2D eigenvalue weighted by Crippen LogP contribution is 2.28. The Morgan fingerprint density at radius 2 is 2.20 bits per heavy atom. The lowest BCUT2D eigenvalue weighted by Crippen LogP contribution is -2.09. The monoisotopic (exact) mass is 301 g/mol. The molecule has 4 heteroatoms. The van der Waals surface area contributed by atoms with E-state index in [0.29, 0.717) is 0 Å². The van der Waals surface area contributed by atoms with Crippen LogP contribution < -0.4 is 5.73 Å². The van der Waals surface area contributed by atoms with Gasteiger partial charge >= 0.3 is 0 Å². The van der Waals surface area contributed by atoms with E-state index in [1.165, 1.54) is 9.75 Å². The molecule has 2 rings (SSSR count). The highest BCUT2D eigenvalue weighted by atomic mass is 79.9. The molecule has 0 bridgehead atoms. The summed E-state index contributed by atoms with van der Waals surface area (Å²) in [5.41, 5.74) is 6.12. The van der Waals surface area contributed by atoms with Crippen LogP contribution in [0.25, 0.3) is 0 Å². The summed E-state index contributed by atoms with van der Waals surface area (Å²) in [5.74, 6) is 0. The van der Waals surface area contributed by atoms with Crippen molar-refractivity contribution < 1.29 is 0 Å². The van der Waals surface area contributed by atoms with E-state index in [4.69, 9.17) is 5.73 Å². The van der Waals surface area contributed by atoms with Crippen molar-refractivity contribution in [1.29, 1.82) is 0 Å². The van der Waals surface area contributed by atoms with Crippen molar-refractivity contribution in [3.8, 4) is 0 Å². The van der Waals surface area contributed by atoms with Crippen LogP contribution >= 0.6 is 38.6 Å². The molecule has 0 radical (unpaired) electrons. The first-order valence-corrected chi connectivity index (χ1v) is 7.28. The molecule has 80 valence electrons. The molecule has 0 aliphatic rings. The van der Waals surface area contributed by atoms with Crippen LogP contribution in [0.4, 0.5) is 0 Å². The molecule has 0 spiro atoms. The van der Waals surface area contributed by atoms with E-state index in [0.717, 1.165) is 16.6 Å². The predicted octanol–water partition coefficient (Wildman–Crippen LogP) is 4.20. The van der Waals surface area contributed by atoms with Gasteiger partial charge in [-0.15, -0.1) is 22.7 Å². The van der Waals surface area contributed by atoms with Crippen LogP contribution in [0.2, 0.25) is 0 Å². The molecule has 0 amide bonds. The molecule has 1 unspecified atom stereocenters. The van der Waals surface area contributed by atoms with Crippen molar-refractivity contribution in [2.24, 2.45) is 5.73 Å². The second kappa shape index (κ2) is 5.25. The van der Waals surface area contributed by atoms with Gasteiger partial charge in [0.05, 0.1) is 3.79 Å². The third kappa shape index (κ3) is 3.14. The molecule has 2 aromatic rings. The molecule has 1 nitrogen and oxygen atoms in total. The third-order valence-corrected chi connectivity index (χ3v) is 4.93. The quantitative estimate of drug-likeness (QED) is 0.899. The molecule has 0 saturated heterocycles.